The highest BCUT2D eigenvalue weighted by molar-refractivity contribution is 7.93. The molecular weight excluding hydrogens is 420 g/mol. The predicted octanol–water partition coefficient (Wildman–Crippen LogP) is 4.81. The van der Waals surface area contributed by atoms with Crippen LogP contribution in [0.3, 0.4) is 0 Å². The zero-order valence-electron chi connectivity index (χ0n) is 17.6. The summed E-state index contributed by atoms with van der Waals surface area (Å²) in [6, 6.07) is 8.49. The van der Waals surface area contributed by atoms with Gasteiger partial charge in [-0.05, 0) is 55.5 Å². The zero-order valence-corrected chi connectivity index (χ0v) is 19.2. The van der Waals surface area contributed by atoms with Crippen LogP contribution in [0, 0.1) is 0 Å². The first-order valence-corrected chi connectivity index (χ1v) is 12.9. The standard InChI is InChI=1S/C22H30N2O4S2/c1-3-28-19-13-11-18(12-14-19)24(2)30(26,27)20-15-16-29-21(20)22(25)23-17-9-7-5-4-6-8-10-17/h11-17H,3-10H2,1-2H3,(H,23,25). The number of amides is 1. The molecule has 0 aliphatic heterocycles. The molecule has 8 heteroatoms. The minimum Gasteiger partial charge on any atom is -0.494 e. The van der Waals surface area contributed by atoms with Crippen LogP contribution >= 0.6 is 11.3 Å². The SMILES string of the molecule is CCOc1ccc(N(C)S(=O)(=O)c2ccsc2C(=O)NC2CCCCCCC2)cc1. The molecular formula is C22H30N2O4S2. The van der Waals surface area contributed by atoms with Crippen molar-refractivity contribution in [3.8, 4) is 5.75 Å². The molecule has 1 N–H and O–H groups in total. The number of thiophene rings is 1. The molecule has 0 radical (unpaired) electrons. The fourth-order valence-corrected chi connectivity index (χ4v) is 6.22. The van der Waals surface area contributed by atoms with Crippen LogP contribution in [-0.2, 0) is 10.0 Å². The number of hydrogen-bond donors (Lipinski definition) is 1. The second-order valence-corrected chi connectivity index (χ2v) is 10.4. The third kappa shape index (κ3) is 5.35. The molecule has 1 amide bonds. The van der Waals surface area contributed by atoms with E-state index in [0.717, 1.165) is 25.7 Å². The maximum atomic E-state index is 13.2. The van der Waals surface area contributed by atoms with Gasteiger partial charge in [-0.25, -0.2) is 8.42 Å². The average molecular weight is 451 g/mol. The lowest BCUT2D eigenvalue weighted by atomic mass is 9.97. The van der Waals surface area contributed by atoms with E-state index in [4.69, 9.17) is 4.74 Å². The van der Waals surface area contributed by atoms with Crippen LogP contribution in [0.25, 0.3) is 0 Å². The van der Waals surface area contributed by atoms with Crippen molar-refractivity contribution >= 4 is 33.0 Å². The zero-order chi connectivity index (χ0) is 21.6. The van der Waals surface area contributed by atoms with Crippen molar-refractivity contribution in [3.05, 3.63) is 40.6 Å². The summed E-state index contributed by atoms with van der Waals surface area (Å²) < 4.78 is 33.1. The predicted molar refractivity (Wildman–Crippen MR) is 121 cm³/mol. The second kappa shape index (κ2) is 10.3. The molecule has 1 aromatic heterocycles. The number of ether oxygens (including phenoxy) is 1. The minimum atomic E-state index is -3.86. The van der Waals surface area contributed by atoms with Gasteiger partial charge in [-0.2, -0.15) is 0 Å². The van der Waals surface area contributed by atoms with E-state index in [1.165, 1.54) is 48.0 Å². The Morgan fingerprint density at radius 2 is 1.73 bits per heavy atom. The molecule has 30 heavy (non-hydrogen) atoms. The number of anilines is 1. The summed E-state index contributed by atoms with van der Waals surface area (Å²) in [6.45, 7) is 2.44. The molecule has 1 saturated carbocycles. The first-order valence-electron chi connectivity index (χ1n) is 10.5. The van der Waals surface area contributed by atoms with Crippen LogP contribution in [-0.4, -0.2) is 34.0 Å². The van der Waals surface area contributed by atoms with Crippen LogP contribution in [0.5, 0.6) is 5.75 Å². The molecule has 1 aliphatic carbocycles. The summed E-state index contributed by atoms with van der Waals surface area (Å²) in [5.74, 6) is 0.385. The van der Waals surface area contributed by atoms with Gasteiger partial charge >= 0.3 is 0 Å². The van der Waals surface area contributed by atoms with Crippen molar-refractivity contribution in [3.63, 3.8) is 0 Å². The molecule has 0 spiro atoms. The molecule has 1 aromatic carbocycles. The smallest absolute Gasteiger partial charge is 0.265 e. The van der Waals surface area contributed by atoms with E-state index in [2.05, 4.69) is 5.32 Å². The lowest BCUT2D eigenvalue weighted by Gasteiger charge is -2.22. The topological polar surface area (TPSA) is 75.7 Å². The largest absolute Gasteiger partial charge is 0.494 e. The average Bonchev–Trinajstić information content (AvgIpc) is 3.21. The van der Waals surface area contributed by atoms with Crippen LogP contribution in [0.4, 0.5) is 5.69 Å². The summed E-state index contributed by atoms with van der Waals surface area (Å²) in [5.41, 5.74) is 0.510. The van der Waals surface area contributed by atoms with E-state index >= 15 is 0 Å². The molecule has 2 aromatic rings. The number of hydrogen-bond acceptors (Lipinski definition) is 5. The highest BCUT2D eigenvalue weighted by atomic mass is 32.2. The van der Waals surface area contributed by atoms with Gasteiger partial charge in [0.15, 0.2) is 0 Å². The molecule has 0 bridgehead atoms. The summed E-state index contributed by atoms with van der Waals surface area (Å²) in [6.07, 6.45) is 7.74. The number of nitrogens with zero attached hydrogens (tertiary/aromatic N) is 1. The molecule has 3 rings (SSSR count). The molecule has 0 saturated heterocycles. The van der Waals surface area contributed by atoms with Gasteiger partial charge in [-0.1, -0.05) is 32.1 Å². The van der Waals surface area contributed by atoms with Gasteiger partial charge in [0, 0.05) is 13.1 Å². The minimum absolute atomic E-state index is 0.0484. The summed E-state index contributed by atoms with van der Waals surface area (Å²) in [5, 5.41) is 4.73. The van der Waals surface area contributed by atoms with Crippen LogP contribution in [0.1, 0.15) is 61.5 Å². The highest BCUT2D eigenvalue weighted by Gasteiger charge is 2.29. The molecule has 1 aliphatic rings. The Morgan fingerprint density at radius 1 is 1.10 bits per heavy atom. The van der Waals surface area contributed by atoms with Gasteiger partial charge in [0.1, 0.15) is 15.5 Å². The molecule has 0 atom stereocenters. The summed E-state index contributed by atoms with van der Waals surface area (Å²) >= 11 is 1.17. The van der Waals surface area contributed by atoms with Crippen molar-refractivity contribution in [1.29, 1.82) is 0 Å². The number of sulfonamides is 1. The number of nitrogens with one attached hydrogen (secondary N) is 1. The number of carbonyl (C=O) groups is 1. The van der Waals surface area contributed by atoms with E-state index in [1.807, 2.05) is 6.92 Å². The number of benzene rings is 1. The van der Waals surface area contributed by atoms with Gasteiger partial charge in [0.2, 0.25) is 0 Å². The Labute approximate surface area is 183 Å². The normalized spacial score (nSPS) is 15.8. The first-order chi connectivity index (χ1) is 14.4. The van der Waals surface area contributed by atoms with Crippen LogP contribution < -0.4 is 14.4 Å². The quantitative estimate of drug-likeness (QED) is 0.656. The third-order valence-corrected chi connectivity index (χ3v) is 8.30. The van der Waals surface area contributed by atoms with E-state index in [0.29, 0.717) is 18.0 Å². The lowest BCUT2D eigenvalue weighted by molar-refractivity contribution is 0.0931. The lowest BCUT2D eigenvalue weighted by Crippen LogP contribution is -2.36. The Bertz CT molecular complexity index is 930. The van der Waals surface area contributed by atoms with Gasteiger partial charge in [-0.15, -0.1) is 11.3 Å². The maximum Gasteiger partial charge on any atom is 0.265 e. The van der Waals surface area contributed by atoms with Gasteiger partial charge < -0.3 is 10.1 Å². The van der Waals surface area contributed by atoms with Gasteiger partial charge in [0.05, 0.1) is 12.3 Å². The maximum absolute atomic E-state index is 13.2. The first kappa shape index (κ1) is 22.6. The summed E-state index contributed by atoms with van der Waals surface area (Å²) in [4.78, 5) is 13.2. The van der Waals surface area contributed by atoms with E-state index in [1.54, 1.807) is 29.6 Å². The molecule has 0 unspecified atom stereocenters. The monoisotopic (exact) mass is 450 g/mol. The van der Waals surface area contributed by atoms with Crippen molar-refractivity contribution in [1.82, 2.24) is 5.32 Å². The van der Waals surface area contributed by atoms with Crippen molar-refractivity contribution in [2.75, 3.05) is 18.0 Å². The Hall–Kier alpha value is -2.06. The Morgan fingerprint density at radius 3 is 2.37 bits per heavy atom. The second-order valence-electron chi connectivity index (χ2n) is 7.53. The highest BCUT2D eigenvalue weighted by Crippen LogP contribution is 2.29. The number of carbonyl (C=O) groups excluding carboxylic acids is 1. The number of rotatable bonds is 7. The van der Waals surface area contributed by atoms with Crippen LogP contribution in [0.15, 0.2) is 40.6 Å². The van der Waals surface area contributed by atoms with E-state index < -0.39 is 10.0 Å². The van der Waals surface area contributed by atoms with E-state index in [9.17, 15) is 13.2 Å². The van der Waals surface area contributed by atoms with Crippen LogP contribution in [0.2, 0.25) is 0 Å². The fourth-order valence-electron chi connectivity index (χ4n) is 3.72. The Balaban J connectivity index is 1.77. The molecule has 6 nitrogen and oxygen atoms in total. The Kier molecular flexibility index (Phi) is 7.77. The fraction of sp³-hybridized carbons (Fsp3) is 0.500. The van der Waals surface area contributed by atoms with Crippen molar-refractivity contribution < 1.29 is 17.9 Å². The van der Waals surface area contributed by atoms with E-state index in [-0.39, 0.29) is 21.7 Å². The molecule has 1 fully saturated rings. The van der Waals surface area contributed by atoms with Crippen molar-refractivity contribution in [2.45, 2.75) is 62.8 Å². The summed E-state index contributed by atoms with van der Waals surface area (Å²) in [7, 11) is -2.36. The van der Waals surface area contributed by atoms with Gasteiger partial charge in [-0.3, -0.25) is 9.10 Å². The van der Waals surface area contributed by atoms with Gasteiger partial charge in [0.25, 0.3) is 15.9 Å². The molecule has 1 heterocycles. The molecule has 164 valence electrons. The third-order valence-electron chi connectivity index (χ3n) is 5.43. The van der Waals surface area contributed by atoms with Crippen molar-refractivity contribution in [2.24, 2.45) is 0 Å².